The lowest BCUT2D eigenvalue weighted by Gasteiger charge is -2.34. The minimum Gasteiger partial charge on any atom is -0.486 e. The molecular weight excluding hydrogens is 437 g/mol. The second kappa shape index (κ2) is 9.27. The number of aromatic nitrogens is 2. The van der Waals surface area contributed by atoms with E-state index in [1.165, 1.54) is 35.8 Å². The lowest BCUT2D eigenvalue weighted by Crippen LogP contribution is -2.38. The number of nitrogens with one attached hydrogen (secondary N) is 1. The van der Waals surface area contributed by atoms with E-state index < -0.39 is 0 Å². The Hall–Kier alpha value is -2.71. The Labute approximate surface area is 198 Å². The maximum Gasteiger partial charge on any atom is 0.188 e. The first kappa shape index (κ1) is 22.1. The highest BCUT2D eigenvalue weighted by Gasteiger charge is 2.25. The van der Waals surface area contributed by atoms with Crippen LogP contribution in [0.3, 0.4) is 0 Å². The molecule has 2 aliphatic heterocycles. The minimum absolute atomic E-state index is 0.268. The van der Waals surface area contributed by atoms with E-state index in [-0.39, 0.29) is 11.9 Å². The topological polar surface area (TPSA) is 53.5 Å². The van der Waals surface area contributed by atoms with Gasteiger partial charge in [0, 0.05) is 18.4 Å². The standard InChI is InChI=1S/C25H30FN5OS/c1-16(2)31-10-11-32-24-20(26)12-19(13-21(24)31)22-15-28-25(33-22)29-23-5-4-18(14-27-23)17-6-8-30(3)9-7-17/h4-5,12-17H,6-11H2,1-3H3,(H,27,28,29). The number of rotatable bonds is 5. The summed E-state index contributed by atoms with van der Waals surface area (Å²) in [7, 11) is 2.18. The predicted octanol–water partition coefficient (Wildman–Crippen LogP) is 5.50. The molecule has 0 atom stereocenters. The fraction of sp³-hybridized carbons (Fsp3) is 0.440. The Balaban J connectivity index is 1.32. The number of hydrogen-bond donors (Lipinski definition) is 1. The average molecular weight is 468 g/mol. The third-order valence-corrected chi connectivity index (χ3v) is 7.50. The second-order valence-electron chi connectivity index (χ2n) is 9.15. The van der Waals surface area contributed by atoms with E-state index in [1.807, 2.05) is 18.3 Å². The van der Waals surface area contributed by atoms with Crippen molar-refractivity contribution in [3.63, 3.8) is 0 Å². The van der Waals surface area contributed by atoms with Gasteiger partial charge in [-0.1, -0.05) is 17.4 Å². The third kappa shape index (κ3) is 4.68. The predicted molar refractivity (Wildman–Crippen MR) is 132 cm³/mol. The van der Waals surface area contributed by atoms with E-state index in [4.69, 9.17) is 4.74 Å². The summed E-state index contributed by atoms with van der Waals surface area (Å²) in [5.41, 5.74) is 2.91. The lowest BCUT2D eigenvalue weighted by molar-refractivity contribution is 0.255. The molecule has 5 rings (SSSR count). The zero-order chi connectivity index (χ0) is 22.9. The summed E-state index contributed by atoms with van der Waals surface area (Å²) >= 11 is 1.49. The summed E-state index contributed by atoms with van der Waals surface area (Å²) in [4.78, 5) is 14.6. The van der Waals surface area contributed by atoms with Gasteiger partial charge in [-0.25, -0.2) is 14.4 Å². The van der Waals surface area contributed by atoms with Crippen LogP contribution in [0.5, 0.6) is 5.75 Å². The maximum atomic E-state index is 14.8. The summed E-state index contributed by atoms with van der Waals surface area (Å²) in [5.74, 6) is 1.36. The quantitative estimate of drug-likeness (QED) is 0.534. The molecule has 0 amide bonds. The van der Waals surface area contributed by atoms with Crippen LogP contribution in [-0.2, 0) is 0 Å². The summed E-state index contributed by atoms with van der Waals surface area (Å²) in [6.45, 7) is 7.74. The molecule has 0 unspecified atom stereocenters. The van der Waals surface area contributed by atoms with Gasteiger partial charge in [0.1, 0.15) is 12.4 Å². The van der Waals surface area contributed by atoms with Crippen molar-refractivity contribution in [2.75, 3.05) is 43.5 Å². The molecular formula is C25H30FN5OS. The third-order valence-electron chi connectivity index (χ3n) is 6.54. The van der Waals surface area contributed by atoms with Crippen molar-refractivity contribution in [2.45, 2.75) is 38.6 Å². The molecule has 0 radical (unpaired) electrons. The van der Waals surface area contributed by atoms with E-state index in [2.05, 4.69) is 52.0 Å². The molecule has 0 aliphatic carbocycles. The molecule has 1 saturated heterocycles. The normalized spacial score (nSPS) is 17.2. The van der Waals surface area contributed by atoms with E-state index in [0.717, 1.165) is 46.7 Å². The number of ether oxygens (including phenoxy) is 1. The van der Waals surface area contributed by atoms with Crippen molar-refractivity contribution in [3.05, 3.63) is 48.0 Å². The van der Waals surface area contributed by atoms with Crippen LogP contribution in [0, 0.1) is 5.82 Å². The van der Waals surface area contributed by atoms with Crippen LogP contribution in [-0.4, -0.2) is 54.2 Å². The van der Waals surface area contributed by atoms with E-state index in [1.54, 1.807) is 6.20 Å². The van der Waals surface area contributed by atoms with Gasteiger partial charge in [-0.05, 0) is 82.1 Å². The Bertz CT molecular complexity index is 1110. The number of anilines is 3. The number of nitrogens with zero attached hydrogens (tertiary/aromatic N) is 4. The van der Waals surface area contributed by atoms with Gasteiger partial charge in [0.15, 0.2) is 16.7 Å². The number of thiazole rings is 1. The molecule has 2 aromatic heterocycles. The molecule has 0 saturated carbocycles. The molecule has 33 heavy (non-hydrogen) atoms. The molecule has 6 nitrogen and oxygen atoms in total. The van der Waals surface area contributed by atoms with Crippen molar-refractivity contribution in [1.29, 1.82) is 0 Å². The van der Waals surface area contributed by atoms with Crippen LogP contribution < -0.4 is 15.0 Å². The number of pyridine rings is 1. The zero-order valence-corrected chi connectivity index (χ0v) is 20.2. The van der Waals surface area contributed by atoms with Crippen LogP contribution in [0.4, 0.5) is 21.0 Å². The largest absolute Gasteiger partial charge is 0.486 e. The van der Waals surface area contributed by atoms with Crippen molar-refractivity contribution < 1.29 is 9.13 Å². The number of halogens is 1. The SMILES string of the molecule is CC(C)N1CCOc2c(F)cc(-c3cnc(Nc4ccc(C5CCN(C)CC5)cn4)s3)cc21. The summed E-state index contributed by atoms with van der Waals surface area (Å²) in [5, 5.41) is 4.03. The Morgan fingerprint density at radius 1 is 1.12 bits per heavy atom. The first-order valence-electron chi connectivity index (χ1n) is 11.6. The average Bonchev–Trinajstić information content (AvgIpc) is 3.28. The fourth-order valence-corrected chi connectivity index (χ4v) is 5.43. The maximum absolute atomic E-state index is 14.8. The van der Waals surface area contributed by atoms with E-state index >= 15 is 0 Å². The molecule has 4 heterocycles. The summed E-state index contributed by atoms with van der Waals surface area (Å²) in [6, 6.07) is 7.99. The van der Waals surface area contributed by atoms with Crippen molar-refractivity contribution >= 4 is 28.0 Å². The molecule has 0 bridgehead atoms. The van der Waals surface area contributed by atoms with E-state index in [0.29, 0.717) is 18.3 Å². The highest BCUT2D eigenvalue weighted by atomic mass is 32.1. The molecule has 1 fully saturated rings. The Kier molecular flexibility index (Phi) is 6.21. The molecule has 1 N–H and O–H groups in total. The first-order chi connectivity index (χ1) is 16.0. The lowest BCUT2D eigenvalue weighted by atomic mass is 9.91. The van der Waals surface area contributed by atoms with Gasteiger partial charge >= 0.3 is 0 Å². The molecule has 3 aromatic rings. The Morgan fingerprint density at radius 3 is 2.67 bits per heavy atom. The van der Waals surface area contributed by atoms with Gasteiger partial charge in [0.2, 0.25) is 0 Å². The van der Waals surface area contributed by atoms with Crippen LogP contribution in [0.1, 0.15) is 38.2 Å². The summed E-state index contributed by atoms with van der Waals surface area (Å²) in [6.07, 6.45) is 6.12. The van der Waals surface area contributed by atoms with Gasteiger partial charge in [0.05, 0.1) is 17.1 Å². The molecule has 0 spiro atoms. The number of hydrogen-bond acceptors (Lipinski definition) is 7. The van der Waals surface area contributed by atoms with Gasteiger partial charge in [0.25, 0.3) is 0 Å². The monoisotopic (exact) mass is 467 g/mol. The zero-order valence-electron chi connectivity index (χ0n) is 19.3. The first-order valence-corrected chi connectivity index (χ1v) is 12.4. The van der Waals surface area contributed by atoms with Crippen LogP contribution in [0.15, 0.2) is 36.7 Å². The number of fused-ring (bicyclic) bond motifs is 1. The second-order valence-corrected chi connectivity index (χ2v) is 10.2. The van der Waals surface area contributed by atoms with Gasteiger partial charge in [-0.3, -0.25) is 0 Å². The van der Waals surface area contributed by atoms with Crippen LogP contribution in [0.25, 0.3) is 10.4 Å². The summed E-state index contributed by atoms with van der Waals surface area (Å²) < 4.78 is 20.4. The van der Waals surface area contributed by atoms with Crippen molar-refractivity contribution in [1.82, 2.24) is 14.9 Å². The highest BCUT2D eigenvalue weighted by Crippen LogP contribution is 2.41. The molecule has 8 heteroatoms. The molecule has 1 aromatic carbocycles. The molecule has 2 aliphatic rings. The van der Waals surface area contributed by atoms with Crippen LogP contribution in [0.2, 0.25) is 0 Å². The minimum atomic E-state index is -0.332. The molecule has 174 valence electrons. The van der Waals surface area contributed by atoms with Gasteiger partial charge < -0.3 is 19.9 Å². The van der Waals surface area contributed by atoms with Gasteiger partial charge in [-0.15, -0.1) is 0 Å². The van der Waals surface area contributed by atoms with Crippen LogP contribution >= 0.6 is 11.3 Å². The number of likely N-dealkylation sites (tertiary alicyclic amines) is 1. The number of benzene rings is 1. The fourth-order valence-electron chi connectivity index (χ4n) is 4.62. The van der Waals surface area contributed by atoms with E-state index in [9.17, 15) is 4.39 Å². The number of piperidine rings is 1. The smallest absolute Gasteiger partial charge is 0.188 e. The van der Waals surface area contributed by atoms with Gasteiger partial charge in [-0.2, -0.15) is 0 Å². The van der Waals surface area contributed by atoms with Crippen molar-refractivity contribution in [2.24, 2.45) is 0 Å². The van der Waals surface area contributed by atoms with Crippen molar-refractivity contribution in [3.8, 4) is 16.2 Å². The highest BCUT2D eigenvalue weighted by molar-refractivity contribution is 7.18. The Morgan fingerprint density at radius 2 is 1.94 bits per heavy atom.